The van der Waals surface area contributed by atoms with Crippen molar-refractivity contribution in [1.82, 2.24) is 5.32 Å². The van der Waals surface area contributed by atoms with Gasteiger partial charge in [0.05, 0.1) is 23.9 Å². The van der Waals surface area contributed by atoms with Crippen molar-refractivity contribution >= 4 is 15.8 Å². The van der Waals surface area contributed by atoms with Gasteiger partial charge in [-0.1, -0.05) is 18.2 Å². The van der Waals surface area contributed by atoms with Crippen LogP contribution in [0, 0.1) is 0 Å². The minimum absolute atomic E-state index is 0.0436. The normalized spacial score (nSPS) is 23.3. The second-order valence-electron chi connectivity index (χ2n) is 6.03. The van der Waals surface area contributed by atoms with Crippen molar-refractivity contribution in [2.45, 2.75) is 30.1 Å². The van der Waals surface area contributed by atoms with Gasteiger partial charge in [0.15, 0.2) is 15.8 Å². The Morgan fingerprint density at radius 2 is 2.18 bits per heavy atom. The lowest BCUT2D eigenvalue weighted by Gasteiger charge is -2.27. The van der Waals surface area contributed by atoms with Crippen molar-refractivity contribution in [1.29, 1.82) is 0 Å². The minimum Gasteiger partial charge on any atom is -0.493 e. The maximum Gasteiger partial charge on any atom is 0.189 e. The molecule has 0 amide bonds. The van der Waals surface area contributed by atoms with Crippen molar-refractivity contribution in [3.8, 4) is 5.75 Å². The molecule has 2 aliphatic rings. The number of nitrogens with two attached hydrogens (primary N) is 1. The molecule has 22 heavy (non-hydrogen) atoms. The Bertz CT molecular complexity index is 696. The molecule has 3 N–H and O–H groups in total. The van der Waals surface area contributed by atoms with E-state index in [4.69, 9.17) is 10.5 Å². The number of nitrogens with one attached hydrogen (secondary N) is 1. The molecule has 0 saturated heterocycles. The van der Waals surface area contributed by atoms with Crippen LogP contribution in [0.2, 0.25) is 0 Å². The van der Waals surface area contributed by atoms with E-state index in [2.05, 4.69) is 10.3 Å². The molecule has 0 aromatic heterocycles. The molecule has 1 aliphatic heterocycles. The summed E-state index contributed by atoms with van der Waals surface area (Å²) in [5, 5.41) is 3.18. The molecule has 6 nitrogen and oxygen atoms in total. The first kappa shape index (κ1) is 15.1. The first-order chi connectivity index (χ1) is 10.4. The molecule has 1 unspecified atom stereocenters. The van der Waals surface area contributed by atoms with E-state index in [1.807, 2.05) is 24.3 Å². The maximum atomic E-state index is 11.7. The molecule has 0 spiro atoms. The Morgan fingerprint density at radius 1 is 1.45 bits per heavy atom. The van der Waals surface area contributed by atoms with Gasteiger partial charge in [-0.25, -0.2) is 8.42 Å². The number of hydrogen-bond acceptors (Lipinski definition) is 4. The monoisotopic (exact) mass is 323 g/mol. The van der Waals surface area contributed by atoms with Crippen LogP contribution in [0.25, 0.3) is 0 Å². The number of ether oxygens (including phenoxy) is 1. The topological polar surface area (TPSA) is 93.8 Å². The zero-order valence-corrected chi connectivity index (χ0v) is 13.4. The first-order valence-corrected chi connectivity index (χ1v) is 9.28. The summed E-state index contributed by atoms with van der Waals surface area (Å²) in [4.78, 5) is 4.26. The number of fused-ring (bicyclic) bond motifs is 1. The predicted octanol–water partition coefficient (Wildman–Crippen LogP) is 0.992. The summed E-state index contributed by atoms with van der Waals surface area (Å²) in [5.74, 6) is 1.14. The van der Waals surface area contributed by atoms with Crippen LogP contribution >= 0.6 is 0 Å². The van der Waals surface area contributed by atoms with Crippen molar-refractivity contribution in [3.63, 3.8) is 0 Å². The van der Waals surface area contributed by atoms with E-state index < -0.39 is 14.6 Å². The molecule has 1 saturated carbocycles. The maximum absolute atomic E-state index is 11.7. The lowest BCUT2D eigenvalue weighted by Crippen LogP contribution is -2.38. The molecule has 0 bridgehead atoms. The SMILES string of the molecule is CS(=O)(=O)C1(CN=C(N)NC2CCOc3ccccc32)CC1. The highest BCUT2D eigenvalue weighted by Gasteiger charge is 2.52. The Labute approximate surface area is 130 Å². The Hall–Kier alpha value is -1.76. The largest absolute Gasteiger partial charge is 0.493 e. The number of guanidine groups is 1. The molecule has 0 radical (unpaired) electrons. The van der Waals surface area contributed by atoms with Gasteiger partial charge in [-0.3, -0.25) is 4.99 Å². The number of aliphatic imine (C=N–C) groups is 1. The summed E-state index contributed by atoms with van der Waals surface area (Å²) in [7, 11) is -3.08. The third kappa shape index (κ3) is 2.90. The first-order valence-electron chi connectivity index (χ1n) is 7.39. The van der Waals surface area contributed by atoms with Crippen LogP contribution < -0.4 is 15.8 Å². The number of rotatable bonds is 4. The fourth-order valence-electron chi connectivity index (χ4n) is 2.73. The average molecular weight is 323 g/mol. The summed E-state index contributed by atoms with van der Waals surface area (Å²) in [6.07, 6.45) is 3.41. The van der Waals surface area contributed by atoms with E-state index in [0.29, 0.717) is 19.4 Å². The third-order valence-corrected chi connectivity index (χ3v) is 6.52. The summed E-state index contributed by atoms with van der Waals surface area (Å²) >= 11 is 0. The number of sulfone groups is 1. The van der Waals surface area contributed by atoms with Crippen molar-refractivity contribution < 1.29 is 13.2 Å². The Balaban J connectivity index is 1.68. The number of hydrogen-bond donors (Lipinski definition) is 2. The number of para-hydroxylation sites is 1. The van der Waals surface area contributed by atoms with Gasteiger partial charge in [0.25, 0.3) is 0 Å². The van der Waals surface area contributed by atoms with E-state index in [1.165, 1.54) is 6.26 Å². The molecule has 1 atom stereocenters. The molecule has 120 valence electrons. The summed E-state index contributed by atoms with van der Waals surface area (Å²) in [6.45, 7) is 0.852. The van der Waals surface area contributed by atoms with Crippen LogP contribution in [0.4, 0.5) is 0 Å². The highest BCUT2D eigenvalue weighted by Crippen LogP contribution is 2.43. The van der Waals surface area contributed by atoms with Gasteiger partial charge in [-0.15, -0.1) is 0 Å². The fourth-order valence-corrected chi connectivity index (χ4v) is 3.87. The Morgan fingerprint density at radius 3 is 2.86 bits per heavy atom. The lowest BCUT2D eigenvalue weighted by atomic mass is 10.0. The van der Waals surface area contributed by atoms with Crippen LogP contribution in [-0.4, -0.2) is 38.5 Å². The predicted molar refractivity (Wildman–Crippen MR) is 85.7 cm³/mol. The van der Waals surface area contributed by atoms with Crippen LogP contribution in [0.1, 0.15) is 30.9 Å². The molecule has 1 heterocycles. The molecule has 1 aliphatic carbocycles. The Kier molecular flexibility index (Phi) is 3.76. The zero-order valence-electron chi connectivity index (χ0n) is 12.6. The van der Waals surface area contributed by atoms with E-state index in [9.17, 15) is 8.42 Å². The molecular weight excluding hydrogens is 302 g/mol. The summed E-state index contributed by atoms with van der Waals surface area (Å²) < 4.78 is 28.4. The molecule has 7 heteroatoms. The van der Waals surface area contributed by atoms with Crippen molar-refractivity contribution in [2.24, 2.45) is 10.7 Å². The second-order valence-corrected chi connectivity index (χ2v) is 8.44. The minimum atomic E-state index is -3.08. The van der Waals surface area contributed by atoms with Gasteiger partial charge in [-0.05, 0) is 18.9 Å². The fraction of sp³-hybridized carbons (Fsp3) is 0.533. The van der Waals surface area contributed by atoms with Gasteiger partial charge in [0, 0.05) is 18.2 Å². The van der Waals surface area contributed by atoms with E-state index in [1.54, 1.807) is 0 Å². The van der Waals surface area contributed by atoms with Crippen LogP contribution in [0.5, 0.6) is 5.75 Å². The standard InChI is InChI=1S/C15H21N3O3S/c1-22(19,20)15(7-8-15)10-17-14(16)18-12-6-9-21-13-5-3-2-4-11(12)13/h2-5,12H,6-10H2,1H3,(H3,16,17,18). The summed E-state index contributed by atoms with van der Waals surface area (Å²) in [6, 6.07) is 7.86. The molecule has 1 aromatic rings. The molecule has 1 fully saturated rings. The van der Waals surface area contributed by atoms with Crippen LogP contribution in [0.3, 0.4) is 0 Å². The molecular formula is C15H21N3O3S. The average Bonchev–Trinajstić information content (AvgIpc) is 3.26. The lowest BCUT2D eigenvalue weighted by molar-refractivity contribution is 0.262. The third-order valence-electron chi connectivity index (χ3n) is 4.41. The van der Waals surface area contributed by atoms with Gasteiger partial charge >= 0.3 is 0 Å². The van der Waals surface area contributed by atoms with E-state index >= 15 is 0 Å². The van der Waals surface area contributed by atoms with Gasteiger partial charge < -0.3 is 15.8 Å². The van der Waals surface area contributed by atoms with Gasteiger partial charge in [-0.2, -0.15) is 0 Å². The summed E-state index contributed by atoms with van der Waals surface area (Å²) in [5.41, 5.74) is 7.00. The molecule has 3 rings (SSSR count). The van der Waals surface area contributed by atoms with Crippen molar-refractivity contribution in [2.75, 3.05) is 19.4 Å². The molecule has 1 aromatic carbocycles. The second kappa shape index (κ2) is 5.46. The highest BCUT2D eigenvalue weighted by molar-refractivity contribution is 7.92. The zero-order chi connectivity index (χ0) is 15.8. The van der Waals surface area contributed by atoms with Crippen LogP contribution in [-0.2, 0) is 9.84 Å². The van der Waals surface area contributed by atoms with Gasteiger partial charge in [0.2, 0.25) is 0 Å². The quantitative estimate of drug-likeness (QED) is 0.636. The number of benzene rings is 1. The van der Waals surface area contributed by atoms with E-state index in [0.717, 1.165) is 17.7 Å². The van der Waals surface area contributed by atoms with E-state index in [-0.39, 0.29) is 18.5 Å². The highest BCUT2D eigenvalue weighted by atomic mass is 32.2. The smallest absolute Gasteiger partial charge is 0.189 e. The van der Waals surface area contributed by atoms with Gasteiger partial charge in [0.1, 0.15) is 5.75 Å². The number of nitrogens with zero attached hydrogens (tertiary/aromatic N) is 1. The van der Waals surface area contributed by atoms with Crippen LogP contribution in [0.15, 0.2) is 29.3 Å². The van der Waals surface area contributed by atoms with Crippen molar-refractivity contribution in [3.05, 3.63) is 29.8 Å².